The second-order valence-corrected chi connectivity index (χ2v) is 20.9. The number of likely N-dealkylation sites (N-methyl/N-ethyl adjacent to an activating group) is 1. The molecule has 0 aromatic heterocycles. The van der Waals surface area contributed by atoms with Crippen molar-refractivity contribution in [2.45, 2.75) is 206 Å². The maximum Gasteiger partial charge on any atom is 0.306 e. The van der Waals surface area contributed by atoms with Gasteiger partial charge in [-0.15, -0.1) is 0 Å². The smallest absolute Gasteiger partial charge is 0.306 e. The quantitative estimate of drug-likeness (QED) is 0.0195. The molecule has 0 fully saturated rings. The maximum atomic E-state index is 12.9. The fourth-order valence-electron chi connectivity index (χ4n) is 7.47. The molecule has 0 N–H and O–H groups in total. The Labute approximate surface area is 494 Å². The van der Waals surface area contributed by atoms with Gasteiger partial charge >= 0.3 is 11.9 Å². The molecule has 0 rings (SSSR count). The standard InChI is InChI=1S/C72H111NO8/c1-6-8-10-12-14-16-18-20-22-24-26-28-30-32-33-34-35-36-37-39-41-43-45-47-49-51-53-55-57-59-61-63-70(75)81-68(67-80-72(71(76)77)78-65-64-73(3,4)5)66-79-69(74)62-60-58-56-54-52-50-48-46-44-42-40-38-31-29-27-25-23-21-19-17-15-13-11-9-7-2/h8-11,14-17,20-23,26-29,32-33,35-36,38-41,44-47,50,52,68,72H,6-7,12-13,18-19,24-25,30-31,34,37,42-43,48-49,51,53-67H2,1-5H3/b10-8-,11-9-,16-14-,17-15-,22-20-,23-21-,28-26-,29-27-,33-32-,36-35-,40-38-,41-39-,46-44-,47-45-,52-50-. The van der Waals surface area contributed by atoms with Crippen molar-refractivity contribution in [3.8, 4) is 0 Å². The molecule has 2 atom stereocenters. The summed E-state index contributed by atoms with van der Waals surface area (Å²) in [6.45, 7) is 4.42. The zero-order valence-corrected chi connectivity index (χ0v) is 51.3. The number of carboxylic acids is 1. The van der Waals surface area contributed by atoms with Gasteiger partial charge in [-0.05, 0) is 135 Å². The highest BCUT2D eigenvalue weighted by Crippen LogP contribution is 2.13. The average molecular weight is 1120 g/mol. The number of rotatable bonds is 54. The zero-order valence-electron chi connectivity index (χ0n) is 51.3. The number of hydrogen-bond donors (Lipinski definition) is 0. The van der Waals surface area contributed by atoms with Gasteiger partial charge in [-0.3, -0.25) is 9.59 Å². The van der Waals surface area contributed by atoms with Gasteiger partial charge in [0.1, 0.15) is 13.2 Å². The van der Waals surface area contributed by atoms with E-state index in [4.69, 9.17) is 18.9 Å². The van der Waals surface area contributed by atoms with Crippen molar-refractivity contribution in [1.82, 2.24) is 0 Å². The highest BCUT2D eigenvalue weighted by atomic mass is 16.7. The summed E-state index contributed by atoms with van der Waals surface area (Å²) in [4.78, 5) is 37.4. The van der Waals surface area contributed by atoms with Crippen LogP contribution in [0.25, 0.3) is 0 Å². The number of hydrogen-bond acceptors (Lipinski definition) is 8. The van der Waals surface area contributed by atoms with E-state index in [1.807, 2.05) is 21.1 Å². The third kappa shape index (κ3) is 61.9. The predicted molar refractivity (Wildman–Crippen MR) is 342 cm³/mol. The van der Waals surface area contributed by atoms with Crippen molar-refractivity contribution in [1.29, 1.82) is 0 Å². The lowest BCUT2D eigenvalue weighted by atomic mass is 10.1. The number of ether oxygens (including phenoxy) is 4. The van der Waals surface area contributed by atoms with Crippen LogP contribution in [0.15, 0.2) is 182 Å². The summed E-state index contributed by atoms with van der Waals surface area (Å²) in [6.07, 6.45) is 89.4. The monoisotopic (exact) mass is 1120 g/mol. The van der Waals surface area contributed by atoms with Crippen LogP contribution in [0, 0.1) is 0 Å². The minimum Gasteiger partial charge on any atom is -0.545 e. The van der Waals surface area contributed by atoms with E-state index in [1.54, 1.807) is 0 Å². The Bertz CT molecular complexity index is 1980. The van der Waals surface area contributed by atoms with E-state index in [1.165, 1.54) is 0 Å². The number of aliphatic carboxylic acids is 1. The fraction of sp³-hybridized carbons (Fsp3) is 0.542. The molecular weight excluding hydrogens is 1010 g/mol. The normalized spacial score (nSPS) is 14.0. The fourth-order valence-corrected chi connectivity index (χ4v) is 7.47. The lowest BCUT2D eigenvalue weighted by Crippen LogP contribution is -2.44. The molecule has 0 spiro atoms. The summed E-state index contributed by atoms with van der Waals surface area (Å²) >= 11 is 0. The number of carboxylic acid groups (broad SMARTS) is 1. The van der Waals surface area contributed by atoms with E-state index in [2.05, 4.69) is 196 Å². The van der Waals surface area contributed by atoms with Gasteiger partial charge in [0.2, 0.25) is 0 Å². The third-order valence-electron chi connectivity index (χ3n) is 12.1. The van der Waals surface area contributed by atoms with Gasteiger partial charge in [0, 0.05) is 12.8 Å². The van der Waals surface area contributed by atoms with Gasteiger partial charge in [-0.2, -0.15) is 0 Å². The van der Waals surface area contributed by atoms with Crippen LogP contribution in [0.2, 0.25) is 0 Å². The highest BCUT2D eigenvalue weighted by Gasteiger charge is 2.22. The molecule has 9 nitrogen and oxygen atoms in total. The van der Waals surface area contributed by atoms with Crippen LogP contribution in [0.5, 0.6) is 0 Å². The van der Waals surface area contributed by atoms with Gasteiger partial charge in [-0.1, -0.05) is 228 Å². The summed E-state index contributed by atoms with van der Waals surface area (Å²) in [6, 6.07) is 0. The van der Waals surface area contributed by atoms with Crippen molar-refractivity contribution in [2.75, 3.05) is 47.5 Å². The Morgan fingerprint density at radius 2 is 0.667 bits per heavy atom. The molecule has 0 saturated heterocycles. The summed E-state index contributed by atoms with van der Waals surface area (Å²) in [7, 11) is 5.89. The summed E-state index contributed by atoms with van der Waals surface area (Å²) in [5.41, 5.74) is 0. The minimum absolute atomic E-state index is 0.127. The van der Waals surface area contributed by atoms with Crippen LogP contribution in [-0.4, -0.2) is 82.3 Å². The van der Waals surface area contributed by atoms with Crippen molar-refractivity contribution >= 4 is 17.9 Å². The molecule has 0 aliphatic rings. The molecule has 0 aromatic carbocycles. The van der Waals surface area contributed by atoms with Crippen molar-refractivity contribution in [2.24, 2.45) is 0 Å². The largest absolute Gasteiger partial charge is 0.545 e. The molecule has 0 aromatic rings. The van der Waals surface area contributed by atoms with Crippen molar-refractivity contribution < 1.29 is 42.9 Å². The van der Waals surface area contributed by atoms with Gasteiger partial charge in [0.25, 0.3) is 0 Å². The Balaban J connectivity index is 4.38. The molecule has 0 amide bonds. The first-order valence-corrected chi connectivity index (χ1v) is 30.9. The number of esters is 2. The molecule has 81 heavy (non-hydrogen) atoms. The van der Waals surface area contributed by atoms with Crippen molar-refractivity contribution in [3.05, 3.63) is 182 Å². The predicted octanol–water partition coefficient (Wildman–Crippen LogP) is 17.6. The van der Waals surface area contributed by atoms with Crippen LogP contribution < -0.4 is 5.11 Å². The molecule has 9 heteroatoms. The maximum absolute atomic E-state index is 12.9. The van der Waals surface area contributed by atoms with Crippen molar-refractivity contribution in [3.63, 3.8) is 0 Å². The third-order valence-corrected chi connectivity index (χ3v) is 12.1. The molecule has 0 saturated carbocycles. The van der Waals surface area contributed by atoms with Crippen LogP contribution in [-0.2, 0) is 33.3 Å². The number of allylic oxidation sites excluding steroid dienone is 30. The first-order chi connectivity index (χ1) is 39.6. The Morgan fingerprint density at radius 3 is 1.00 bits per heavy atom. The summed E-state index contributed by atoms with van der Waals surface area (Å²) in [5.74, 6) is -2.38. The molecule has 452 valence electrons. The Hall–Kier alpha value is -5.61. The van der Waals surface area contributed by atoms with E-state index < -0.39 is 30.3 Å². The van der Waals surface area contributed by atoms with Gasteiger partial charge in [0.15, 0.2) is 12.4 Å². The number of nitrogens with zero attached hydrogens (tertiary/aromatic N) is 1. The first kappa shape index (κ1) is 75.4. The molecule has 0 heterocycles. The van der Waals surface area contributed by atoms with Gasteiger partial charge < -0.3 is 33.3 Å². The molecular formula is C72H111NO8. The van der Waals surface area contributed by atoms with Crippen LogP contribution in [0.4, 0.5) is 0 Å². The van der Waals surface area contributed by atoms with Crippen LogP contribution >= 0.6 is 0 Å². The molecule has 0 radical (unpaired) electrons. The van der Waals surface area contributed by atoms with Crippen LogP contribution in [0.1, 0.15) is 194 Å². The van der Waals surface area contributed by atoms with E-state index in [-0.39, 0.29) is 32.7 Å². The first-order valence-electron chi connectivity index (χ1n) is 30.9. The lowest BCUT2D eigenvalue weighted by molar-refractivity contribution is -0.870. The second kappa shape index (κ2) is 60.5. The summed E-state index contributed by atoms with van der Waals surface area (Å²) in [5, 5.41) is 11.8. The molecule has 0 aliphatic heterocycles. The molecule has 2 unspecified atom stereocenters. The average Bonchev–Trinajstić information content (AvgIpc) is 3.44. The lowest BCUT2D eigenvalue weighted by Gasteiger charge is -2.26. The SMILES string of the molecule is CC/C=C\C/C=C\C/C=C\C/C=C\C/C=C\C/C=C\C/C=C\C/C=C\CCCCCCCCC(=O)OC(COC(=O)CCCCC/C=C\C/C=C\C/C=C\C/C=C\C/C=C\C/C=C\C/C=C\CC)COC(OCC[N+](C)(C)C)C(=O)[O-]. The van der Waals surface area contributed by atoms with E-state index in [9.17, 15) is 19.5 Å². The molecule has 0 bridgehead atoms. The molecule has 0 aliphatic carbocycles. The van der Waals surface area contributed by atoms with Crippen LogP contribution in [0.3, 0.4) is 0 Å². The number of carbonyl (C=O) groups excluding carboxylic acids is 3. The summed E-state index contributed by atoms with van der Waals surface area (Å²) < 4.78 is 22.7. The zero-order chi connectivity index (χ0) is 59.1. The van der Waals surface area contributed by atoms with E-state index >= 15 is 0 Å². The van der Waals surface area contributed by atoms with E-state index in [0.29, 0.717) is 23.9 Å². The number of unbranched alkanes of at least 4 members (excludes halogenated alkanes) is 9. The second-order valence-electron chi connectivity index (χ2n) is 20.9. The topological polar surface area (TPSA) is 111 Å². The van der Waals surface area contributed by atoms with Gasteiger partial charge in [-0.25, -0.2) is 0 Å². The Kier molecular flexibility index (Phi) is 56.3. The number of quaternary nitrogens is 1. The Morgan fingerprint density at radius 1 is 0.370 bits per heavy atom. The highest BCUT2D eigenvalue weighted by molar-refractivity contribution is 5.70. The van der Waals surface area contributed by atoms with E-state index in [0.717, 1.165) is 154 Å². The minimum atomic E-state index is -1.65. The number of carbonyl (C=O) groups is 3. The van der Waals surface area contributed by atoms with Gasteiger partial charge in [0.05, 0.1) is 40.3 Å².